The van der Waals surface area contributed by atoms with Crippen LogP contribution >= 0.6 is 0 Å². The van der Waals surface area contributed by atoms with Gasteiger partial charge in [0.25, 0.3) is 0 Å². The summed E-state index contributed by atoms with van der Waals surface area (Å²) >= 11 is 0. The zero-order valence-corrected chi connectivity index (χ0v) is 24.3. The third-order valence-electron chi connectivity index (χ3n) is 10.9. The highest BCUT2D eigenvalue weighted by molar-refractivity contribution is 5.90. The van der Waals surface area contributed by atoms with Crippen LogP contribution in [0.4, 0.5) is 0 Å². The first-order valence-electron chi connectivity index (χ1n) is 14.9. The normalized spacial score (nSPS) is 31.4. The second-order valence-electron chi connectivity index (χ2n) is 12.7. The molecular weight excluding hydrogens is 528 g/mol. The molecule has 0 amide bonds. The van der Waals surface area contributed by atoms with Gasteiger partial charge in [-0.3, -0.25) is 4.79 Å². The van der Waals surface area contributed by atoms with Gasteiger partial charge in [0.15, 0.2) is 5.79 Å². The third-order valence-corrected chi connectivity index (χ3v) is 10.9. The van der Waals surface area contributed by atoms with Crippen molar-refractivity contribution >= 4 is 5.78 Å². The van der Waals surface area contributed by atoms with Gasteiger partial charge in [0.05, 0.1) is 5.41 Å². The summed E-state index contributed by atoms with van der Waals surface area (Å²) in [5.74, 6) is -2.12. The number of benzene rings is 3. The molecule has 42 heavy (non-hydrogen) atoms. The number of phenols is 2. The molecule has 0 heterocycles. The van der Waals surface area contributed by atoms with Crippen LogP contribution in [0.15, 0.2) is 78.9 Å². The first-order valence-corrected chi connectivity index (χ1v) is 14.9. The number of aromatic hydroxyl groups is 2. The monoisotopic (exact) mass is 568 g/mol. The fourth-order valence-electron chi connectivity index (χ4n) is 9.04. The molecule has 6 rings (SSSR count). The molecule has 3 saturated carbocycles. The lowest BCUT2D eigenvalue weighted by Crippen LogP contribution is -2.61. The van der Waals surface area contributed by atoms with E-state index in [4.69, 9.17) is 4.74 Å². The third kappa shape index (κ3) is 3.92. The van der Waals surface area contributed by atoms with E-state index in [2.05, 4.69) is 13.5 Å². The van der Waals surface area contributed by atoms with Gasteiger partial charge < -0.3 is 25.2 Å². The molecule has 3 aliphatic carbocycles. The molecule has 3 aromatic rings. The Morgan fingerprint density at radius 1 is 1.02 bits per heavy atom. The van der Waals surface area contributed by atoms with E-state index >= 15 is 0 Å². The van der Waals surface area contributed by atoms with Crippen molar-refractivity contribution in [3.05, 3.63) is 95.6 Å². The van der Waals surface area contributed by atoms with E-state index in [9.17, 15) is 25.2 Å². The lowest BCUT2D eigenvalue weighted by molar-refractivity contribution is -0.265. The quantitative estimate of drug-likeness (QED) is 0.192. The van der Waals surface area contributed by atoms with Crippen molar-refractivity contribution in [3.63, 3.8) is 0 Å². The predicted molar refractivity (Wildman–Crippen MR) is 161 cm³/mol. The smallest absolute Gasteiger partial charge is 0.185 e. The average Bonchev–Trinajstić information content (AvgIpc) is 3.32. The van der Waals surface area contributed by atoms with Crippen molar-refractivity contribution in [2.75, 3.05) is 13.7 Å². The molecule has 0 radical (unpaired) electrons. The molecule has 3 aromatic carbocycles. The second kappa shape index (κ2) is 10.4. The number of ether oxygens (including phenoxy) is 1. The maximum atomic E-state index is 14.4. The van der Waals surface area contributed by atoms with Gasteiger partial charge >= 0.3 is 0 Å². The number of rotatable bonds is 9. The fourth-order valence-corrected chi connectivity index (χ4v) is 9.04. The van der Waals surface area contributed by atoms with E-state index in [-0.39, 0.29) is 42.1 Å². The van der Waals surface area contributed by atoms with Crippen LogP contribution in [0.2, 0.25) is 0 Å². The summed E-state index contributed by atoms with van der Waals surface area (Å²) < 4.78 is 5.83. The van der Waals surface area contributed by atoms with Crippen molar-refractivity contribution in [1.82, 2.24) is 0 Å². The number of methoxy groups -OCH3 is 1. The van der Waals surface area contributed by atoms with Gasteiger partial charge in [0.1, 0.15) is 17.3 Å². The number of carbonyl (C=O) groups is 1. The lowest BCUT2D eigenvalue weighted by Gasteiger charge is -2.55. The molecule has 0 saturated heterocycles. The SMILES string of the molecule is C=C1[C@H]2[C@H](CO)[C@@H]3CCC[C@]1(C)[C@@]3(C(=O)CCc1cccc(-c3ccc(Cc4ccc(O)cc4)c(O)c3)c1)[C@]2(O)OC. The number of hydrogen-bond donors (Lipinski definition) is 4. The van der Waals surface area contributed by atoms with Gasteiger partial charge in [-0.1, -0.05) is 74.0 Å². The standard InChI is InChI=1S/C36H40O6/c1-22-33-29(21-37)30-8-5-17-34(22,2)35(30,36(33,41)42-3)32(40)16-11-23-6-4-7-25(18-23)26-12-13-27(31(39)20-26)19-24-9-14-28(38)15-10-24/h4,6-7,9-10,12-15,18,20,29-30,33,37-39,41H,1,5,8,11,16-17,19,21H2,2-3H3/t29-,30+,33+,34+,35-,36-/m1/s1. The summed E-state index contributed by atoms with van der Waals surface area (Å²) in [5.41, 5.74) is 3.73. The molecule has 0 aromatic heterocycles. The van der Waals surface area contributed by atoms with E-state index in [1.807, 2.05) is 48.5 Å². The maximum absolute atomic E-state index is 14.4. The van der Waals surface area contributed by atoms with Crippen LogP contribution in [-0.2, 0) is 22.4 Å². The molecular formula is C36H40O6. The van der Waals surface area contributed by atoms with Crippen LogP contribution < -0.4 is 0 Å². The van der Waals surface area contributed by atoms with Gasteiger partial charge in [-0.05, 0) is 77.1 Å². The summed E-state index contributed by atoms with van der Waals surface area (Å²) in [6.07, 6.45) is 3.79. The van der Waals surface area contributed by atoms with E-state index in [0.717, 1.165) is 52.7 Å². The first kappa shape index (κ1) is 28.7. The molecule has 6 atom stereocenters. The number of Topliss-reactive ketones (excluding diaryl/α,β-unsaturated/α-hetero) is 1. The van der Waals surface area contributed by atoms with Gasteiger partial charge in [-0.2, -0.15) is 0 Å². The maximum Gasteiger partial charge on any atom is 0.185 e. The number of ketones is 1. The number of hydrogen-bond acceptors (Lipinski definition) is 6. The van der Waals surface area contributed by atoms with Gasteiger partial charge in [0.2, 0.25) is 0 Å². The Hall–Kier alpha value is -3.45. The largest absolute Gasteiger partial charge is 0.508 e. The van der Waals surface area contributed by atoms with Crippen LogP contribution in [0, 0.1) is 28.6 Å². The number of carbonyl (C=O) groups excluding carboxylic acids is 1. The van der Waals surface area contributed by atoms with Gasteiger partial charge in [-0.25, -0.2) is 0 Å². The lowest BCUT2D eigenvalue weighted by atomic mass is 9.47. The van der Waals surface area contributed by atoms with Crippen LogP contribution in [-0.4, -0.2) is 45.7 Å². The Bertz CT molecular complexity index is 1530. The highest BCUT2D eigenvalue weighted by atomic mass is 16.6. The van der Waals surface area contributed by atoms with Crippen molar-refractivity contribution in [2.24, 2.45) is 28.6 Å². The van der Waals surface area contributed by atoms with E-state index < -0.39 is 22.5 Å². The van der Waals surface area contributed by atoms with Gasteiger partial charge in [-0.15, -0.1) is 0 Å². The number of aliphatic hydroxyl groups excluding tert-OH is 1. The van der Waals surface area contributed by atoms with Crippen molar-refractivity contribution in [3.8, 4) is 22.6 Å². The molecule has 2 bridgehead atoms. The number of phenolic OH excluding ortho intramolecular Hbond substituents is 2. The molecule has 4 N–H and O–H groups in total. The molecule has 0 unspecified atom stereocenters. The molecule has 0 aliphatic heterocycles. The van der Waals surface area contributed by atoms with E-state index in [1.54, 1.807) is 18.2 Å². The second-order valence-corrected chi connectivity index (χ2v) is 12.7. The van der Waals surface area contributed by atoms with Crippen molar-refractivity contribution in [2.45, 2.75) is 51.2 Å². The van der Waals surface area contributed by atoms with Crippen LogP contribution in [0.25, 0.3) is 11.1 Å². The van der Waals surface area contributed by atoms with E-state index in [0.29, 0.717) is 12.8 Å². The Labute approximate surface area is 247 Å². The van der Waals surface area contributed by atoms with Gasteiger partial charge in [0, 0.05) is 37.9 Å². The summed E-state index contributed by atoms with van der Waals surface area (Å²) in [6.45, 7) is 6.33. The molecule has 3 aliphatic rings. The Morgan fingerprint density at radius 2 is 1.76 bits per heavy atom. The summed E-state index contributed by atoms with van der Waals surface area (Å²) in [5, 5.41) is 42.7. The average molecular weight is 569 g/mol. The molecule has 6 nitrogen and oxygen atoms in total. The summed E-state index contributed by atoms with van der Waals surface area (Å²) in [4.78, 5) is 14.4. The highest BCUT2D eigenvalue weighted by Crippen LogP contribution is 2.79. The topological polar surface area (TPSA) is 107 Å². The van der Waals surface area contributed by atoms with Crippen LogP contribution in [0.3, 0.4) is 0 Å². The summed E-state index contributed by atoms with van der Waals surface area (Å²) in [7, 11) is 1.47. The Balaban J connectivity index is 1.23. The molecule has 3 fully saturated rings. The molecule has 0 spiro atoms. The minimum atomic E-state index is -1.67. The highest BCUT2D eigenvalue weighted by Gasteiger charge is 2.84. The number of aliphatic hydroxyl groups is 2. The van der Waals surface area contributed by atoms with E-state index in [1.165, 1.54) is 7.11 Å². The Morgan fingerprint density at radius 3 is 2.45 bits per heavy atom. The molecule has 220 valence electrons. The fraction of sp³-hybridized carbons (Fsp3) is 0.417. The summed E-state index contributed by atoms with van der Waals surface area (Å²) in [6, 6.07) is 20.6. The zero-order chi connectivity index (χ0) is 29.9. The minimum Gasteiger partial charge on any atom is -0.508 e. The van der Waals surface area contributed by atoms with Crippen LogP contribution in [0.1, 0.15) is 49.3 Å². The number of aryl methyl sites for hydroxylation is 1. The molecule has 6 heteroatoms. The minimum absolute atomic E-state index is 0.0136. The Kier molecular flexibility index (Phi) is 7.08. The van der Waals surface area contributed by atoms with Crippen LogP contribution in [0.5, 0.6) is 11.5 Å². The number of fused-ring (bicyclic) bond motifs is 1. The van der Waals surface area contributed by atoms with Crippen molar-refractivity contribution in [1.29, 1.82) is 0 Å². The first-order chi connectivity index (χ1) is 20.1. The predicted octanol–water partition coefficient (Wildman–Crippen LogP) is 5.79. The van der Waals surface area contributed by atoms with Crippen molar-refractivity contribution < 1.29 is 30.0 Å². The zero-order valence-electron chi connectivity index (χ0n) is 24.3.